The molecule has 0 saturated carbocycles. The standard InChI is InChI=1S/C30H35F2N4O7PS/c1-35(14-12-18-11-13-33-26(15-18)43-2)29(39)23-9-8-21-5-3-4-6-22(28(38)36(21)23)34-27(37)25-17-19-16-20(7-10-24(19)45-25)30(31,32)44(40,41)42/h7,10-11,13,15-17,21-23H,3-6,8-9,12,14H2,1-2H3,(H,34,37)(H2,40,41,42)/t21-,22-,23-/m0/s1. The molecule has 3 amide bonds. The number of carbonyl (C=O) groups excluding carboxylic acids is 3. The molecule has 4 heterocycles. The lowest BCUT2D eigenvalue weighted by molar-refractivity contribution is -0.146. The third kappa shape index (κ3) is 6.89. The van der Waals surface area contributed by atoms with Crippen molar-refractivity contribution in [1.29, 1.82) is 0 Å². The summed E-state index contributed by atoms with van der Waals surface area (Å²) in [4.78, 5) is 66.6. The Bertz CT molecular complexity index is 1650. The number of hydrogen-bond acceptors (Lipinski definition) is 7. The molecule has 242 valence electrons. The Kier molecular flexibility index (Phi) is 9.60. The van der Waals surface area contributed by atoms with Crippen molar-refractivity contribution >= 4 is 46.7 Å². The lowest BCUT2D eigenvalue weighted by Gasteiger charge is -2.36. The van der Waals surface area contributed by atoms with Crippen molar-refractivity contribution in [3.8, 4) is 5.88 Å². The first-order chi connectivity index (χ1) is 21.3. The minimum Gasteiger partial charge on any atom is -0.481 e. The van der Waals surface area contributed by atoms with Gasteiger partial charge in [0.15, 0.2) is 0 Å². The van der Waals surface area contributed by atoms with E-state index in [1.54, 1.807) is 23.0 Å². The summed E-state index contributed by atoms with van der Waals surface area (Å²) in [5, 5.41) is 3.03. The average Bonchev–Trinajstić information content (AvgIpc) is 3.63. The van der Waals surface area contributed by atoms with E-state index in [-0.39, 0.29) is 28.1 Å². The summed E-state index contributed by atoms with van der Waals surface area (Å²) in [5.74, 6) is -0.561. The quantitative estimate of drug-likeness (QED) is 0.288. The Morgan fingerprint density at radius 3 is 2.64 bits per heavy atom. The highest BCUT2D eigenvalue weighted by Crippen LogP contribution is 2.59. The van der Waals surface area contributed by atoms with Crippen molar-refractivity contribution in [1.82, 2.24) is 20.1 Å². The van der Waals surface area contributed by atoms with Crippen LogP contribution in [0.3, 0.4) is 0 Å². The van der Waals surface area contributed by atoms with Gasteiger partial charge in [-0.2, -0.15) is 8.78 Å². The number of nitrogens with zero attached hydrogens (tertiary/aromatic N) is 3. The third-order valence-corrected chi connectivity index (χ3v) is 10.6. The second kappa shape index (κ2) is 13.1. The van der Waals surface area contributed by atoms with Crippen molar-refractivity contribution < 1.29 is 42.3 Å². The Balaban J connectivity index is 1.29. The van der Waals surface area contributed by atoms with Crippen LogP contribution in [0.1, 0.15) is 59.3 Å². The number of fused-ring (bicyclic) bond motifs is 2. The Labute approximate surface area is 262 Å². The van der Waals surface area contributed by atoms with Gasteiger partial charge in [-0.05, 0) is 67.3 Å². The number of carbonyl (C=O) groups is 3. The van der Waals surface area contributed by atoms with Crippen molar-refractivity contribution in [2.24, 2.45) is 0 Å². The van der Waals surface area contributed by atoms with Crippen LogP contribution in [0, 0.1) is 0 Å². The Hall–Kier alpha value is -3.45. The lowest BCUT2D eigenvalue weighted by Crippen LogP contribution is -2.56. The molecular weight excluding hydrogens is 629 g/mol. The lowest BCUT2D eigenvalue weighted by atomic mass is 9.99. The predicted octanol–water partition coefficient (Wildman–Crippen LogP) is 4.27. The van der Waals surface area contributed by atoms with E-state index in [9.17, 15) is 27.7 Å². The van der Waals surface area contributed by atoms with Gasteiger partial charge < -0.3 is 29.6 Å². The van der Waals surface area contributed by atoms with E-state index < -0.39 is 36.8 Å². The minimum atomic E-state index is -5.75. The highest BCUT2D eigenvalue weighted by atomic mass is 32.1. The third-order valence-electron chi connectivity index (χ3n) is 8.50. The summed E-state index contributed by atoms with van der Waals surface area (Å²) in [6.45, 7) is 0.434. The molecule has 0 aliphatic carbocycles. The molecule has 3 atom stereocenters. The number of methoxy groups -OCH3 is 1. The van der Waals surface area contributed by atoms with Gasteiger partial charge in [0.05, 0.1) is 12.0 Å². The van der Waals surface area contributed by atoms with Gasteiger partial charge in [-0.3, -0.25) is 18.9 Å². The van der Waals surface area contributed by atoms with Crippen molar-refractivity contribution in [2.45, 2.75) is 68.7 Å². The first-order valence-corrected chi connectivity index (χ1v) is 17.1. The number of pyridine rings is 1. The van der Waals surface area contributed by atoms with Crippen molar-refractivity contribution in [3.63, 3.8) is 0 Å². The molecule has 15 heteroatoms. The molecule has 2 aliphatic rings. The second-order valence-corrected chi connectivity index (χ2v) is 14.2. The van der Waals surface area contributed by atoms with Crippen LogP contribution in [0.15, 0.2) is 42.6 Å². The molecule has 0 radical (unpaired) electrons. The molecule has 2 saturated heterocycles. The number of halogens is 2. The normalized spacial score (nSPS) is 20.8. The zero-order valence-corrected chi connectivity index (χ0v) is 26.5. The molecule has 0 spiro atoms. The van der Waals surface area contributed by atoms with Crippen LogP contribution >= 0.6 is 18.9 Å². The van der Waals surface area contributed by atoms with Gasteiger partial charge in [0.25, 0.3) is 5.91 Å². The first kappa shape index (κ1) is 32.9. The maximum atomic E-state index is 14.3. The molecule has 0 unspecified atom stereocenters. The Morgan fingerprint density at radius 2 is 1.91 bits per heavy atom. The largest absolute Gasteiger partial charge is 0.481 e. The number of benzene rings is 1. The molecule has 5 rings (SSSR count). The fraction of sp³-hybridized carbons (Fsp3) is 0.467. The molecule has 11 nitrogen and oxygen atoms in total. The van der Waals surface area contributed by atoms with Gasteiger partial charge in [0.2, 0.25) is 17.7 Å². The number of thiophene rings is 1. The summed E-state index contributed by atoms with van der Waals surface area (Å²) in [7, 11) is -2.51. The molecule has 1 aromatic carbocycles. The number of likely N-dealkylation sites (N-methyl/N-ethyl adjacent to an activating group) is 1. The van der Waals surface area contributed by atoms with Gasteiger partial charge in [-0.25, -0.2) is 4.98 Å². The molecule has 45 heavy (non-hydrogen) atoms. The molecule has 2 aliphatic heterocycles. The highest BCUT2D eigenvalue weighted by Gasteiger charge is 2.50. The summed E-state index contributed by atoms with van der Waals surface area (Å²) < 4.78 is 45.5. The van der Waals surface area contributed by atoms with E-state index in [1.807, 2.05) is 12.1 Å². The monoisotopic (exact) mass is 664 g/mol. The van der Waals surface area contributed by atoms with Crippen LogP contribution in [-0.2, 0) is 26.2 Å². The molecule has 2 fully saturated rings. The maximum absolute atomic E-state index is 14.3. The first-order valence-electron chi connectivity index (χ1n) is 14.6. The molecule has 3 aromatic rings. The zero-order chi connectivity index (χ0) is 32.5. The summed E-state index contributed by atoms with van der Waals surface area (Å²) in [6, 6.07) is 6.56. The fourth-order valence-electron chi connectivity index (χ4n) is 6.03. The number of amides is 3. The summed E-state index contributed by atoms with van der Waals surface area (Å²) in [5.41, 5.74) is -4.27. The average molecular weight is 665 g/mol. The van der Waals surface area contributed by atoms with Gasteiger partial charge in [-0.1, -0.05) is 18.9 Å². The topological polar surface area (TPSA) is 149 Å². The highest BCUT2D eigenvalue weighted by molar-refractivity contribution is 7.52. The van der Waals surface area contributed by atoms with Crippen LogP contribution < -0.4 is 10.1 Å². The van der Waals surface area contributed by atoms with E-state index in [4.69, 9.17) is 14.5 Å². The molecule has 0 bridgehead atoms. The van der Waals surface area contributed by atoms with Gasteiger partial charge >= 0.3 is 13.3 Å². The van der Waals surface area contributed by atoms with Crippen molar-refractivity contribution in [2.75, 3.05) is 20.7 Å². The molecule has 2 aromatic heterocycles. The van der Waals surface area contributed by atoms with E-state index >= 15 is 0 Å². The van der Waals surface area contributed by atoms with Crippen LogP contribution in [0.4, 0.5) is 8.78 Å². The van der Waals surface area contributed by atoms with Crippen LogP contribution in [0.25, 0.3) is 10.1 Å². The van der Waals surface area contributed by atoms with Gasteiger partial charge in [-0.15, -0.1) is 11.3 Å². The van der Waals surface area contributed by atoms with Crippen LogP contribution in [0.2, 0.25) is 0 Å². The minimum absolute atomic E-state index is 0.109. The van der Waals surface area contributed by atoms with E-state index in [1.165, 1.54) is 19.2 Å². The van der Waals surface area contributed by atoms with Gasteiger partial charge in [0.1, 0.15) is 12.1 Å². The van der Waals surface area contributed by atoms with E-state index in [0.717, 1.165) is 41.9 Å². The van der Waals surface area contributed by atoms with Crippen LogP contribution in [-0.4, -0.2) is 81.1 Å². The van der Waals surface area contributed by atoms with E-state index in [2.05, 4.69) is 10.3 Å². The SMILES string of the molecule is COc1cc(CCN(C)C(=O)[C@@H]2CC[C@@H]3CCCC[C@H](NC(=O)c4cc5cc(C(F)(F)P(=O)(O)O)ccc5s4)C(=O)N32)ccn1. The zero-order valence-electron chi connectivity index (χ0n) is 24.8. The number of hydrogen-bond donors (Lipinski definition) is 3. The van der Waals surface area contributed by atoms with Gasteiger partial charge in [0, 0.05) is 42.2 Å². The number of ether oxygens (including phenoxy) is 1. The Morgan fingerprint density at radius 1 is 1.16 bits per heavy atom. The number of rotatable bonds is 9. The second-order valence-electron chi connectivity index (χ2n) is 11.5. The number of aromatic nitrogens is 1. The molecule has 3 N–H and O–H groups in total. The summed E-state index contributed by atoms with van der Waals surface area (Å²) in [6.07, 6.45) is 6.15. The predicted molar refractivity (Wildman–Crippen MR) is 163 cm³/mol. The number of alkyl halides is 2. The smallest absolute Gasteiger partial charge is 0.399 e. The molecular formula is C30H35F2N4O7PS. The number of nitrogens with one attached hydrogen (secondary N) is 1. The maximum Gasteiger partial charge on any atom is 0.399 e. The fourth-order valence-corrected chi connectivity index (χ4v) is 7.45. The van der Waals surface area contributed by atoms with Crippen LogP contribution in [0.5, 0.6) is 5.88 Å². The van der Waals surface area contributed by atoms with E-state index in [0.29, 0.717) is 49.2 Å². The summed E-state index contributed by atoms with van der Waals surface area (Å²) >= 11 is 1.02. The van der Waals surface area contributed by atoms with Crippen molar-refractivity contribution in [3.05, 3.63) is 58.6 Å².